The number of hydrogen-bond acceptors (Lipinski definition) is 5. The highest BCUT2D eigenvalue weighted by atomic mass is 16.5. The van der Waals surface area contributed by atoms with Gasteiger partial charge < -0.3 is 14.8 Å². The van der Waals surface area contributed by atoms with Gasteiger partial charge in [0, 0.05) is 23.6 Å². The largest absolute Gasteiger partial charge is 0.494 e. The zero-order chi connectivity index (χ0) is 23.0. The van der Waals surface area contributed by atoms with Crippen LogP contribution >= 0.6 is 0 Å². The van der Waals surface area contributed by atoms with E-state index in [-0.39, 0.29) is 31.2 Å². The molecular formula is C26H25N3O4. The Bertz CT molecular complexity index is 1290. The van der Waals surface area contributed by atoms with Crippen molar-refractivity contribution in [3.05, 3.63) is 89.2 Å². The lowest BCUT2D eigenvalue weighted by Crippen LogP contribution is -2.34. The fourth-order valence-electron chi connectivity index (χ4n) is 3.47. The zero-order valence-corrected chi connectivity index (χ0v) is 18.4. The molecule has 1 heterocycles. The van der Waals surface area contributed by atoms with Crippen LogP contribution in [0.1, 0.15) is 6.92 Å². The average Bonchev–Trinajstić information content (AvgIpc) is 2.84. The first-order chi connectivity index (χ1) is 16.1. The molecule has 0 atom stereocenters. The highest BCUT2D eigenvalue weighted by Crippen LogP contribution is 2.25. The van der Waals surface area contributed by atoms with Crippen LogP contribution < -0.4 is 20.3 Å². The second kappa shape index (κ2) is 10.5. The van der Waals surface area contributed by atoms with Crippen LogP contribution in [0.3, 0.4) is 0 Å². The molecule has 168 valence electrons. The predicted octanol–water partition coefficient (Wildman–Crippen LogP) is 3.66. The number of fused-ring (bicyclic) bond motifs is 1. The Morgan fingerprint density at radius 2 is 1.73 bits per heavy atom. The highest BCUT2D eigenvalue weighted by Gasteiger charge is 2.07. The Morgan fingerprint density at radius 1 is 0.939 bits per heavy atom. The summed E-state index contributed by atoms with van der Waals surface area (Å²) in [5.41, 5.74) is 1.31. The van der Waals surface area contributed by atoms with Crippen LogP contribution in [0.15, 0.2) is 83.7 Å². The van der Waals surface area contributed by atoms with Crippen LogP contribution in [0.25, 0.3) is 22.0 Å². The van der Waals surface area contributed by atoms with Crippen molar-refractivity contribution in [2.45, 2.75) is 13.5 Å². The van der Waals surface area contributed by atoms with Gasteiger partial charge in [-0.2, -0.15) is 5.10 Å². The molecule has 33 heavy (non-hydrogen) atoms. The molecule has 7 nitrogen and oxygen atoms in total. The second-order valence-corrected chi connectivity index (χ2v) is 7.35. The van der Waals surface area contributed by atoms with Crippen LogP contribution in [-0.2, 0) is 11.3 Å². The summed E-state index contributed by atoms with van der Waals surface area (Å²) in [6.45, 7) is 2.94. The smallest absolute Gasteiger partial charge is 0.266 e. The summed E-state index contributed by atoms with van der Waals surface area (Å²) in [4.78, 5) is 24.4. The molecular weight excluding hydrogens is 418 g/mol. The fraction of sp³-hybridized carbons (Fsp3) is 0.192. The van der Waals surface area contributed by atoms with Crippen LogP contribution in [0.5, 0.6) is 11.5 Å². The van der Waals surface area contributed by atoms with Crippen molar-refractivity contribution in [1.82, 2.24) is 15.1 Å². The first kappa shape index (κ1) is 22.1. The van der Waals surface area contributed by atoms with Gasteiger partial charge in [-0.05, 0) is 48.7 Å². The third kappa shape index (κ3) is 5.57. The average molecular weight is 444 g/mol. The van der Waals surface area contributed by atoms with Gasteiger partial charge in [0.05, 0.1) is 18.8 Å². The minimum atomic E-state index is -0.265. The van der Waals surface area contributed by atoms with Crippen molar-refractivity contribution in [2.75, 3.05) is 19.8 Å². The van der Waals surface area contributed by atoms with E-state index in [9.17, 15) is 9.59 Å². The first-order valence-electron chi connectivity index (χ1n) is 10.8. The molecule has 0 spiro atoms. The van der Waals surface area contributed by atoms with E-state index in [4.69, 9.17) is 9.47 Å². The van der Waals surface area contributed by atoms with Gasteiger partial charge >= 0.3 is 0 Å². The maximum atomic E-state index is 12.2. The number of benzene rings is 3. The lowest BCUT2D eigenvalue weighted by Gasteiger charge is -2.11. The summed E-state index contributed by atoms with van der Waals surface area (Å²) in [7, 11) is 0. The van der Waals surface area contributed by atoms with Crippen LogP contribution in [0.4, 0.5) is 0 Å². The number of nitrogens with zero attached hydrogens (tertiary/aromatic N) is 2. The number of ether oxygens (including phenoxy) is 2. The molecule has 1 amide bonds. The molecule has 0 bridgehead atoms. The maximum Gasteiger partial charge on any atom is 0.266 e. The molecule has 4 rings (SSSR count). The lowest BCUT2D eigenvalue weighted by molar-refractivity contribution is -0.123. The molecule has 4 aromatic rings. The Morgan fingerprint density at radius 3 is 2.55 bits per heavy atom. The predicted molar refractivity (Wildman–Crippen MR) is 128 cm³/mol. The van der Waals surface area contributed by atoms with Crippen molar-refractivity contribution < 1.29 is 14.3 Å². The van der Waals surface area contributed by atoms with E-state index in [2.05, 4.69) is 10.4 Å². The molecule has 0 saturated carbocycles. The normalized spacial score (nSPS) is 10.7. The molecule has 0 saturated heterocycles. The van der Waals surface area contributed by atoms with Gasteiger partial charge in [0.1, 0.15) is 11.5 Å². The van der Waals surface area contributed by atoms with Gasteiger partial charge in [-0.15, -0.1) is 0 Å². The van der Waals surface area contributed by atoms with Gasteiger partial charge in [-0.1, -0.05) is 36.4 Å². The van der Waals surface area contributed by atoms with Crippen molar-refractivity contribution in [3.8, 4) is 22.8 Å². The Kier molecular flexibility index (Phi) is 6.99. The Balaban J connectivity index is 1.33. The van der Waals surface area contributed by atoms with Crippen molar-refractivity contribution in [2.24, 2.45) is 0 Å². The number of amides is 1. The van der Waals surface area contributed by atoms with Crippen molar-refractivity contribution >= 4 is 16.7 Å². The summed E-state index contributed by atoms with van der Waals surface area (Å²) < 4.78 is 12.5. The standard InChI is InChI=1S/C26H25N3O4/c1-2-32-21-12-10-20(11-13-21)23-14-15-26(31)29(28-23)17-16-27-25(30)18-33-24-9-5-7-19-6-3-4-8-22(19)24/h3-15H,2,16-18H2,1H3,(H,27,30). The molecule has 0 radical (unpaired) electrons. The highest BCUT2D eigenvalue weighted by molar-refractivity contribution is 5.88. The van der Waals surface area contributed by atoms with Crippen LogP contribution in [-0.4, -0.2) is 35.4 Å². The summed E-state index contributed by atoms with van der Waals surface area (Å²) in [5.74, 6) is 1.17. The zero-order valence-electron chi connectivity index (χ0n) is 18.4. The third-order valence-corrected chi connectivity index (χ3v) is 5.08. The van der Waals surface area contributed by atoms with E-state index < -0.39 is 0 Å². The number of rotatable bonds is 9. The van der Waals surface area contributed by atoms with Gasteiger partial charge in [0.15, 0.2) is 6.61 Å². The number of carbonyl (C=O) groups excluding carboxylic acids is 1. The van der Waals surface area contributed by atoms with Crippen LogP contribution in [0, 0.1) is 0 Å². The molecule has 1 aromatic heterocycles. The molecule has 0 aliphatic heterocycles. The minimum absolute atomic E-state index is 0.109. The molecule has 3 aromatic carbocycles. The molecule has 0 unspecified atom stereocenters. The number of hydrogen-bond donors (Lipinski definition) is 1. The van der Waals surface area contributed by atoms with E-state index >= 15 is 0 Å². The summed E-state index contributed by atoms with van der Waals surface area (Å²) in [6.07, 6.45) is 0. The number of carbonyl (C=O) groups is 1. The van der Waals surface area contributed by atoms with E-state index in [0.29, 0.717) is 18.1 Å². The van der Waals surface area contributed by atoms with E-state index in [0.717, 1.165) is 22.1 Å². The summed E-state index contributed by atoms with van der Waals surface area (Å²) in [6, 6.07) is 24.3. The lowest BCUT2D eigenvalue weighted by atomic mass is 10.1. The minimum Gasteiger partial charge on any atom is -0.494 e. The maximum absolute atomic E-state index is 12.2. The van der Waals surface area contributed by atoms with Crippen molar-refractivity contribution in [1.29, 1.82) is 0 Å². The van der Waals surface area contributed by atoms with E-state index in [1.807, 2.05) is 73.7 Å². The quantitative estimate of drug-likeness (QED) is 0.427. The molecule has 7 heteroatoms. The second-order valence-electron chi connectivity index (χ2n) is 7.35. The summed E-state index contributed by atoms with van der Waals surface area (Å²) >= 11 is 0. The number of nitrogens with one attached hydrogen (secondary N) is 1. The molecule has 0 aliphatic carbocycles. The van der Waals surface area contributed by atoms with Crippen LogP contribution in [0.2, 0.25) is 0 Å². The van der Waals surface area contributed by atoms with E-state index in [1.165, 1.54) is 10.7 Å². The first-order valence-corrected chi connectivity index (χ1v) is 10.8. The van der Waals surface area contributed by atoms with E-state index in [1.54, 1.807) is 6.07 Å². The molecule has 0 aliphatic rings. The monoisotopic (exact) mass is 443 g/mol. The summed E-state index contributed by atoms with van der Waals surface area (Å²) in [5, 5.41) is 9.20. The van der Waals surface area contributed by atoms with Gasteiger partial charge in [-0.3, -0.25) is 9.59 Å². The number of aromatic nitrogens is 2. The Hall–Kier alpha value is -4.13. The Labute approximate surface area is 191 Å². The third-order valence-electron chi connectivity index (χ3n) is 5.08. The SMILES string of the molecule is CCOc1ccc(-c2ccc(=O)n(CCNC(=O)COc3cccc4ccccc34)n2)cc1. The molecule has 0 fully saturated rings. The van der Waals surface area contributed by atoms with Gasteiger partial charge in [0.25, 0.3) is 11.5 Å². The topological polar surface area (TPSA) is 82.5 Å². The molecule has 1 N–H and O–H groups in total. The van der Waals surface area contributed by atoms with Gasteiger partial charge in [-0.25, -0.2) is 4.68 Å². The van der Waals surface area contributed by atoms with Gasteiger partial charge in [0.2, 0.25) is 0 Å². The van der Waals surface area contributed by atoms with Crippen molar-refractivity contribution in [3.63, 3.8) is 0 Å². The fourth-order valence-corrected chi connectivity index (χ4v) is 3.47.